The first-order valence-corrected chi connectivity index (χ1v) is 9.79. The number of pyridine rings is 1. The van der Waals surface area contributed by atoms with E-state index in [0.717, 1.165) is 34.3 Å². The summed E-state index contributed by atoms with van der Waals surface area (Å²) >= 11 is 7.62. The van der Waals surface area contributed by atoms with Crippen molar-refractivity contribution in [1.29, 1.82) is 0 Å². The van der Waals surface area contributed by atoms with Crippen LogP contribution in [0.5, 0.6) is 0 Å². The summed E-state index contributed by atoms with van der Waals surface area (Å²) in [6.45, 7) is 2.85. The quantitative estimate of drug-likeness (QED) is 0.428. The van der Waals surface area contributed by atoms with Gasteiger partial charge in [0.25, 0.3) is 0 Å². The molecular formula is C19H16ClN5OS. The minimum atomic E-state index is 0.637. The first-order chi connectivity index (χ1) is 13.2. The molecule has 4 aromatic rings. The van der Waals surface area contributed by atoms with Crippen molar-refractivity contribution >= 4 is 23.4 Å². The molecule has 0 aliphatic heterocycles. The van der Waals surface area contributed by atoms with Crippen LogP contribution in [-0.2, 0) is 12.3 Å². The molecule has 6 nitrogen and oxygen atoms in total. The van der Waals surface area contributed by atoms with Gasteiger partial charge in [0, 0.05) is 46.9 Å². The molecule has 0 N–H and O–H groups in total. The van der Waals surface area contributed by atoms with Crippen LogP contribution in [0.1, 0.15) is 12.6 Å². The normalized spacial score (nSPS) is 11.0. The van der Waals surface area contributed by atoms with Gasteiger partial charge in [-0.25, -0.2) is 0 Å². The van der Waals surface area contributed by atoms with Gasteiger partial charge in [-0.3, -0.25) is 4.98 Å². The summed E-state index contributed by atoms with van der Waals surface area (Å²) in [6.07, 6.45) is 3.51. The van der Waals surface area contributed by atoms with Gasteiger partial charge >= 0.3 is 0 Å². The fourth-order valence-electron chi connectivity index (χ4n) is 2.69. The van der Waals surface area contributed by atoms with Crippen LogP contribution < -0.4 is 0 Å². The minimum absolute atomic E-state index is 0.637. The van der Waals surface area contributed by atoms with Crippen LogP contribution in [0.25, 0.3) is 22.7 Å². The molecule has 0 radical (unpaired) electrons. The van der Waals surface area contributed by atoms with Gasteiger partial charge < -0.3 is 9.09 Å². The predicted molar refractivity (Wildman–Crippen MR) is 105 cm³/mol. The maximum atomic E-state index is 6.04. The molecule has 3 heterocycles. The number of rotatable bonds is 6. The Balaban J connectivity index is 1.51. The van der Waals surface area contributed by atoms with Crippen molar-refractivity contribution in [1.82, 2.24) is 24.9 Å². The lowest BCUT2D eigenvalue weighted by Crippen LogP contribution is -2.00. The number of hydrogen-bond acceptors (Lipinski definition) is 6. The smallest absolute Gasteiger partial charge is 0.191 e. The summed E-state index contributed by atoms with van der Waals surface area (Å²) in [5.74, 6) is 2.17. The third kappa shape index (κ3) is 3.89. The molecule has 3 aromatic heterocycles. The van der Waals surface area contributed by atoms with Crippen LogP contribution in [-0.4, -0.2) is 24.9 Å². The lowest BCUT2D eigenvalue weighted by atomic mass is 10.2. The van der Waals surface area contributed by atoms with Gasteiger partial charge in [0.2, 0.25) is 0 Å². The molecular weight excluding hydrogens is 382 g/mol. The molecule has 0 aliphatic carbocycles. The van der Waals surface area contributed by atoms with Gasteiger partial charge in [0.15, 0.2) is 16.7 Å². The van der Waals surface area contributed by atoms with Crippen molar-refractivity contribution < 1.29 is 4.52 Å². The molecule has 0 atom stereocenters. The van der Waals surface area contributed by atoms with Crippen LogP contribution in [0.4, 0.5) is 0 Å². The zero-order valence-electron chi connectivity index (χ0n) is 14.5. The van der Waals surface area contributed by atoms with Crippen LogP contribution in [0, 0.1) is 0 Å². The Kier molecular flexibility index (Phi) is 5.22. The Morgan fingerprint density at radius 3 is 2.70 bits per heavy atom. The van der Waals surface area contributed by atoms with Crippen molar-refractivity contribution in [2.45, 2.75) is 24.4 Å². The number of hydrogen-bond donors (Lipinski definition) is 0. The van der Waals surface area contributed by atoms with E-state index < -0.39 is 0 Å². The van der Waals surface area contributed by atoms with Crippen LogP contribution >= 0.6 is 23.4 Å². The SMILES string of the molecule is CCn1c(SCc2cc(-c3cccc(Cl)c3)on2)nnc1-c1ccncc1. The van der Waals surface area contributed by atoms with Crippen molar-refractivity contribution in [3.8, 4) is 22.7 Å². The Bertz CT molecular complexity index is 1050. The van der Waals surface area contributed by atoms with Crippen LogP contribution in [0.15, 0.2) is 64.5 Å². The van der Waals surface area contributed by atoms with Gasteiger partial charge in [-0.1, -0.05) is 40.7 Å². The molecule has 0 saturated carbocycles. The maximum absolute atomic E-state index is 6.04. The Morgan fingerprint density at radius 1 is 1.07 bits per heavy atom. The molecule has 1 aromatic carbocycles. The molecule has 8 heteroatoms. The van der Waals surface area contributed by atoms with E-state index in [1.807, 2.05) is 42.5 Å². The number of nitrogens with zero attached hydrogens (tertiary/aromatic N) is 5. The second kappa shape index (κ2) is 7.94. The Labute approximate surface area is 165 Å². The molecule has 0 unspecified atom stereocenters. The predicted octanol–water partition coefficient (Wildman–Crippen LogP) is 4.96. The molecule has 4 rings (SSSR count). The van der Waals surface area contributed by atoms with E-state index in [2.05, 4.69) is 31.8 Å². The van der Waals surface area contributed by atoms with Crippen molar-refractivity contribution in [2.24, 2.45) is 0 Å². The molecule has 0 fully saturated rings. The molecule has 0 bridgehead atoms. The molecule has 27 heavy (non-hydrogen) atoms. The van der Waals surface area contributed by atoms with E-state index in [1.165, 1.54) is 0 Å². The van der Waals surface area contributed by atoms with Gasteiger partial charge in [0.05, 0.1) is 5.69 Å². The van der Waals surface area contributed by atoms with E-state index in [9.17, 15) is 0 Å². The second-order valence-corrected chi connectivity index (χ2v) is 7.15. The van der Waals surface area contributed by atoms with Crippen molar-refractivity contribution in [2.75, 3.05) is 0 Å². The van der Waals surface area contributed by atoms with E-state index in [4.69, 9.17) is 16.1 Å². The highest BCUT2D eigenvalue weighted by molar-refractivity contribution is 7.98. The van der Waals surface area contributed by atoms with Crippen molar-refractivity contribution in [3.05, 3.63) is 65.6 Å². The summed E-state index contributed by atoms with van der Waals surface area (Å²) in [4.78, 5) is 4.05. The zero-order valence-corrected chi connectivity index (χ0v) is 16.1. The number of benzene rings is 1. The first kappa shape index (κ1) is 17.8. The maximum Gasteiger partial charge on any atom is 0.191 e. The van der Waals surface area contributed by atoms with E-state index in [1.54, 1.807) is 24.2 Å². The highest BCUT2D eigenvalue weighted by Crippen LogP contribution is 2.28. The average Bonchev–Trinajstić information content (AvgIpc) is 3.34. The highest BCUT2D eigenvalue weighted by atomic mass is 35.5. The topological polar surface area (TPSA) is 69.6 Å². The molecule has 0 saturated heterocycles. The third-order valence-corrected chi connectivity index (χ3v) is 5.22. The van der Waals surface area contributed by atoms with Crippen molar-refractivity contribution in [3.63, 3.8) is 0 Å². The van der Waals surface area contributed by atoms with E-state index >= 15 is 0 Å². The lowest BCUT2D eigenvalue weighted by molar-refractivity contribution is 0.426. The van der Waals surface area contributed by atoms with Gasteiger partial charge in [-0.05, 0) is 31.2 Å². The standard InChI is InChI=1S/C19H16ClN5OS/c1-2-25-18(13-6-8-21-9-7-13)22-23-19(25)27-12-16-11-17(26-24-16)14-4-3-5-15(20)10-14/h3-11H,2,12H2,1H3. The number of aromatic nitrogens is 5. The van der Waals surface area contributed by atoms with Crippen LogP contribution in [0.3, 0.4) is 0 Å². The van der Waals surface area contributed by atoms with Gasteiger partial charge in [-0.15, -0.1) is 10.2 Å². The Morgan fingerprint density at radius 2 is 1.93 bits per heavy atom. The summed E-state index contributed by atoms with van der Waals surface area (Å²) in [6, 6.07) is 13.3. The average molecular weight is 398 g/mol. The van der Waals surface area contributed by atoms with Gasteiger partial charge in [-0.2, -0.15) is 0 Å². The summed E-state index contributed by atoms with van der Waals surface area (Å²) in [5, 5.41) is 14.3. The van der Waals surface area contributed by atoms with Crippen LogP contribution in [0.2, 0.25) is 5.02 Å². The minimum Gasteiger partial charge on any atom is -0.356 e. The zero-order chi connectivity index (χ0) is 18.6. The second-order valence-electron chi connectivity index (χ2n) is 5.77. The summed E-state index contributed by atoms with van der Waals surface area (Å²) < 4.78 is 7.53. The molecule has 136 valence electrons. The van der Waals surface area contributed by atoms with E-state index in [0.29, 0.717) is 16.5 Å². The fraction of sp³-hybridized carbons (Fsp3) is 0.158. The Hall–Kier alpha value is -2.64. The molecule has 0 spiro atoms. The fourth-order valence-corrected chi connectivity index (χ4v) is 3.76. The monoisotopic (exact) mass is 397 g/mol. The number of halogens is 1. The van der Waals surface area contributed by atoms with Gasteiger partial charge in [0.1, 0.15) is 0 Å². The molecule has 0 aliphatic rings. The van der Waals surface area contributed by atoms with E-state index in [-0.39, 0.29) is 0 Å². The lowest BCUT2D eigenvalue weighted by Gasteiger charge is -2.06. The summed E-state index contributed by atoms with van der Waals surface area (Å²) in [7, 11) is 0. The summed E-state index contributed by atoms with van der Waals surface area (Å²) in [5.41, 5.74) is 2.74. The molecule has 0 amide bonds. The third-order valence-electron chi connectivity index (χ3n) is 3.99. The number of thioether (sulfide) groups is 1. The largest absolute Gasteiger partial charge is 0.356 e. The first-order valence-electron chi connectivity index (χ1n) is 8.42. The highest BCUT2D eigenvalue weighted by Gasteiger charge is 2.14.